The fourth-order valence-electron chi connectivity index (χ4n) is 4.16. The number of aromatic nitrogens is 1. The number of hydrogen-bond acceptors (Lipinski definition) is 6. The maximum atomic E-state index is 13.1. The summed E-state index contributed by atoms with van der Waals surface area (Å²) in [6.45, 7) is 1.20. The number of rotatable bonds is 8. The molecule has 0 bridgehead atoms. The molecule has 0 spiro atoms. The highest BCUT2D eigenvalue weighted by Gasteiger charge is 2.30. The van der Waals surface area contributed by atoms with Gasteiger partial charge in [0.1, 0.15) is 22.5 Å². The summed E-state index contributed by atoms with van der Waals surface area (Å²) in [5.74, 6) is 1.54. The van der Waals surface area contributed by atoms with Crippen LogP contribution in [0.2, 0.25) is 0 Å². The Morgan fingerprint density at radius 2 is 2.06 bits per heavy atom. The average Bonchev–Trinajstić information content (AvgIpc) is 3.50. The van der Waals surface area contributed by atoms with Crippen LogP contribution in [0, 0.1) is 0 Å². The molecule has 0 aliphatic carbocycles. The third-order valence-electron chi connectivity index (χ3n) is 5.65. The van der Waals surface area contributed by atoms with E-state index in [0.717, 1.165) is 47.0 Å². The molecule has 162 valence electrons. The van der Waals surface area contributed by atoms with Crippen molar-refractivity contribution in [3.8, 4) is 11.5 Å². The molecule has 1 N–H and O–H groups in total. The first-order valence-corrected chi connectivity index (χ1v) is 11.3. The normalized spacial score (nSPS) is 17.3. The lowest BCUT2D eigenvalue weighted by Gasteiger charge is -2.27. The molecule has 1 amide bonds. The smallest absolute Gasteiger partial charge is 0.235 e. The van der Waals surface area contributed by atoms with E-state index in [-0.39, 0.29) is 18.0 Å². The van der Waals surface area contributed by atoms with Crippen LogP contribution in [-0.4, -0.2) is 43.1 Å². The molecular weight excluding hydrogens is 410 g/mol. The number of thiazole rings is 1. The van der Waals surface area contributed by atoms with Gasteiger partial charge in [0.15, 0.2) is 0 Å². The quantitative estimate of drug-likeness (QED) is 0.572. The lowest BCUT2D eigenvalue weighted by molar-refractivity contribution is -0.123. The standard InChI is InChI=1S/C24H27N3O3S/c1-29-18-10-11-19(21(15-18)30-2)20-9-6-13-27(20)16-22(28)26-23(24-25-12-14-31-24)17-7-4-3-5-8-17/h3-5,7-8,10-12,14-15,20,23H,6,9,13,16H2,1-2H3,(H,26,28). The lowest BCUT2D eigenvalue weighted by atomic mass is 10.0. The van der Waals surface area contributed by atoms with Gasteiger partial charge in [0, 0.05) is 29.2 Å². The van der Waals surface area contributed by atoms with E-state index in [0.29, 0.717) is 6.54 Å². The summed E-state index contributed by atoms with van der Waals surface area (Å²) >= 11 is 1.55. The molecule has 3 aromatic rings. The SMILES string of the molecule is COc1ccc(C2CCCN2CC(=O)NC(c2ccccc2)c2nccs2)c(OC)c1. The minimum Gasteiger partial charge on any atom is -0.497 e. The van der Waals surface area contributed by atoms with Gasteiger partial charge in [-0.05, 0) is 31.0 Å². The third-order valence-corrected chi connectivity index (χ3v) is 6.49. The number of amides is 1. The Kier molecular flexibility index (Phi) is 6.84. The largest absolute Gasteiger partial charge is 0.497 e. The van der Waals surface area contributed by atoms with Gasteiger partial charge in [-0.25, -0.2) is 4.98 Å². The molecule has 2 atom stereocenters. The van der Waals surface area contributed by atoms with Gasteiger partial charge in [0.05, 0.1) is 20.8 Å². The minimum atomic E-state index is -0.245. The van der Waals surface area contributed by atoms with Crippen LogP contribution in [0.15, 0.2) is 60.1 Å². The summed E-state index contributed by atoms with van der Waals surface area (Å²) in [5, 5.41) is 6.02. The first kappa shape index (κ1) is 21.3. The molecule has 2 heterocycles. The molecule has 1 aliphatic heterocycles. The summed E-state index contributed by atoms with van der Waals surface area (Å²) in [6, 6.07) is 15.8. The molecule has 4 rings (SSSR count). The summed E-state index contributed by atoms with van der Waals surface area (Å²) in [5.41, 5.74) is 2.12. The second-order valence-electron chi connectivity index (χ2n) is 7.52. The number of nitrogens with one attached hydrogen (secondary N) is 1. The van der Waals surface area contributed by atoms with Crippen molar-refractivity contribution in [2.75, 3.05) is 27.3 Å². The van der Waals surface area contributed by atoms with Crippen molar-refractivity contribution in [1.29, 1.82) is 0 Å². The summed E-state index contributed by atoms with van der Waals surface area (Å²) in [4.78, 5) is 19.7. The highest BCUT2D eigenvalue weighted by atomic mass is 32.1. The topological polar surface area (TPSA) is 63.7 Å². The maximum Gasteiger partial charge on any atom is 0.235 e. The molecule has 7 heteroatoms. The molecule has 1 fully saturated rings. The van der Waals surface area contributed by atoms with Gasteiger partial charge in [-0.3, -0.25) is 9.69 Å². The number of benzene rings is 2. The predicted octanol–water partition coefficient (Wildman–Crippen LogP) is 4.20. The zero-order valence-electron chi connectivity index (χ0n) is 17.8. The number of nitrogens with zero attached hydrogens (tertiary/aromatic N) is 2. The Balaban J connectivity index is 1.50. The van der Waals surface area contributed by atoms with Crippen LogP contribution >= 0.6 is 11.3 Å². The van der Waals surface area contributed by atoms with E-state index in [4.69, 9.17) is 9.47 Å². The van der Waals surface area contributed by atoms with E-state index in [1.165, 1.54) is 0 Å². The van der Waals surface area contributed by atoms with E-state index >= 15 is 0 Å². The first-order valence-electron chi connectivity index (χ1n) is 10.4. The van der Waals surface area contributed by atoms with Crippen molar-refractivity contribution in [3.63, 3.8) is 0 Å². The van der Waals surface area contributed by atoms with Crippen LogP contribution in [0.5, 0.6) is 11.5 Å². The van der Waals surface area contributed by atoms with Gasteiger partial charge in [-0.2, -0.15) is 0 Å². The molecule has 0 radical (unpaired) electrons. The lowest BCUT2D eigenvalue weighted by Crippen LogP contribution is -2.39. The van der Waals surface area contributed by atoms with Gasteiger partial charge in [-0.15, -0.1) is 11.3 Å². The number of carbonyl (C=O) groups is 1. The molecular formula is C24H27N3O3S. The Morgan fingerprint density at radius 3 is 2.77 bits per heavy atom. The van der Waals surface area contributed by atoms with Crippen LogP contribution in [0.4, 0.5) is 0 Å². The van der Waals surface area contributed by atoms with E-state index in [1.54, 1.807) is 31.8 Å². The van der Waals surface area contributed by atoms with Crippen LogP contribution in [0.25, 0.3) is 0 Å². The number of methoxy groups -OCH3 is 2. The monoisotopic (exact) mass is 437 g/mol. The Bertz CT molecular complexity index is 995. The number of carbonyl (C=O) groups excluding carboxylic acids is 1. The van der Waals surface area contributed by atoms with E-state index < -0.39 is 0 Å². The Hall–Kier alpha value is -2.90. The highest BCUT2D eigenvalue weighted by molar-refractivity contribution is 7.09. The number of hydrogen-bond donors (Lipinski definition) is 1. The van der Waals surface area contributed by atoms with Gasteiger partial charge in [0.25, 0.3) is 0 Å². The fraction of sp³-hybridized carbons (Fsp3) is 0.333. The third kappa shape index (κ3) is 4.89. The molecule has 2 aromatic carbocycles. The van der Waals surface area contributed by atoms with Crippen LogP contribution in [0.3, 0.4) is 0 Å². The maximum absolute atomic E-state index is 13.1. The molecule has 1 saturated heterocycles. The zero-order valence-corrected chi connectivity index (χ0v) is 18.6. The van der Waals surface area contributed by atoms with Crippen LogP contribution < -0.4 is 14.8 Å². The predicted molar refractivity (Wildman–Crippen MR) is 122 cm³/mol. The van der Waals surface area contributed by atoms with E-state index in [9.17, 15) is 4.79 Å². The Labute approximate surface area is 186 Å². The van der Waals surface area contributed by atoms with Crippen molar-refractivity contribution in [2.24, 2.45) is 0 Å². The van der Waals surface area contributed by atoms with E-state index in [2.05, 4.69) is 15.2 Å². The number of likely N-dealkylation sites (tertiary alicyclic amines) is 1. The number of ether oxygens (including phenoxy) is 2. The van der Waals surface area contributed by atoms with Crippen LogP contribution in [0.1, 0.15) is 41.1 Å². The molecule has 31 heavy (non-hydrogen) atoms. The fourth-order valence-corrected chi connectivity index (χ4v) is 4.88. The van der Waals surface area contributed by atoms with Crippen molar-refractivity contribution < 1.29 is 14.3 Å². The summed E-state index contributed by atoms with van der Waals surface area (Å²) < 4.78 is 10.9. The second-order valence-corrected chi connectivity index (χ2v) is 8.44. The molecule has 1 aromatic heterocycles. The first-order chi connectivity index (χ1) is 15.2. The van der Waals surface area contributed by atoms with Crippen molar-refractivity contribution >= 4 is 17.2 Å². The summed E-state index contributed by atoms with van der Waals surface area (Å²) in [7, 11) is 3.31. The molecule has 1 aliphatic rings. The van der Waals surface area contributed by atoms with Crippen molar-refractivity contribution in [2.45, 2.75) is 24.9 Å². The molecule has 2 unspecified atom stereocenters. The van der Waals surface area contributed by atoms with Gasteiger partial charge in [0.2, 0.25) is 5.91 Å². The van der Waals surface area contributed by atoms with E-state index in [1.807, 2.05) is 53.9 Å². The average molecular weight is 438 g/mol. The minimum absolute atomic E-state index is 0.0107. The Morgan fingerprint density at radius 1 is 1.23 bits per heavy atom. The highest BCUT2D eigenvalue weighted by Crippen LogP contribution is 2.38. The van der Waals surface area contributed by atoms with Crippen molar-refractivity contribution in [3.05, 3.63) is 76.2 Å². The summed E-state index contributed by atoms with van der Waals surface area (Å²) in [6.07, 6.45) is 3.81. The zero-order chi connectivity index (χ0) is 21.6. The van der Waals surface area contributed by atoms with Crippen molar-refractivity contribution in [1.82, 2.24) is 15.2 Å². The van der Waals surface area contributed by atoms with Crippen LogP contribution in [-0.2, 0) is 4.79 Å². The van der Waals surface area contributed by atoms with Gasteiger partial charge >= 0.3 is 0 Å². The molecule has 6 nitrogen and oxygen atoms in total. The molecule has 0 saturated carbocycles. The van der Waals surface area contributed by atoms with Gasteiger partial charge < -0.3 is 14.8 Å². The second kappa shape index (κ2) is 9.94. The van der Waals surface area contributed by atoms with Gasteiger partial charge in [-0.1, -0.05) is 36.4 Å².